The molecular formula is C18H20FN3O2. The summed E-state index contributed by atoms with van der Waals surface area (Å²) in [4.78, 5) is 28.6. The van der Waals surface area contributed by atoms with E-state index in [1.807, 2.05) is 13.8 Å². The zero-order valence-corrected chi connectivity index (χ0v) is 13.8. The third kappa shape index (κ3) is 2.29. The molecule has 1 aliphatic heterocycles. The predicted molar refractivity (Wildman–Crippen MR) is 90.1 cm³/mol. The maximum Gasteiger partial charge on any atom is 0.250 e. The van der Waals surface area contributed by atoms with E-state index in [1.165, 1.54) is 12.1 Å². The minimum absolute atomic E-state index is 0.127. The molecule has 126 valence electrons. The van der Waals surface area contributed by atoms with Crippen LogP contribution in [-0.2, 0) is 4.79 Å². The lowest BCUT2D eigenvalue weighted by molar-refractivity contribution is -0.126. The van der Waals surface area contributed by atoms with Crippen molar-refractivity contribution in [1.82, 2.24) is 9.88 Å². The van der Waals surface area contributed by atoms with Crippen LogP contribution in [-0.4, -0.2) is 28.2 Å². The summed E-state index contributed by atoms with van der Waals surface area (Å²) in [7, 11) is 0. The fourth-order valence-electron chi connectivity index (χ4n) is 3.62. The minimum atomic E-state index is -0.683. The van der Waals surface area contributed by atoms with Gasteiger partial charge in [0.2, 0.25) is 5.91 Å². The van der Waals surface area contributed by atoms with Crippen LogP contribution in [0.3, 0.4) is 0 Å². The minimum Gasteiger partial charge on any atom is -0.366 e. The number of hydrogen-bond acceptors (Lipinski definition) is 2. The summed E-state index contributed by atoms with van der Waals surface area (Å²) < 4.78 is 14.9. The van der Waals surface area contributed by atoms with Crippen LogP contribution >= 0.6 is 0 Å². The number of aromatic nitrogens is 1. The van der Waals surface area contributed by atoms with E-state index in [0.717, 1.165) is 17.7 Å². The van der Waals surface area contributed by atoms with Crippen molar-refractivity contribution in [2.45, 2.75) is 32.7 Å². The Morgan fingerprint density at radius 3 is 2.79 bits per heavy atom. The highest BCUT2D eigenvalue weighted by Crippen LogP contribution is 2.40. The lowest BCUT2D eigenvalue weighted by Gasteiger charge is -2.25. The molecule has 0 aliphatic carbocycles. The van der Waals surface area contributed by atoms with Gasteiger partial charge in [-0.1, -0.05) is 6.58 Å². The van der Waals surface area contributed by atoms with Crippen LogP contribution in [0.4, 0.5) is 4.39 Å². The molecule has 2 heterocycles. The summed E-state index contributed by atoms with van der Waals surface area (Å²) in [6, 6.07) is 0.804. The molecule has 2 aromatic rings. The van der Waals surface area contributed by atoms with Gasteiger partial charge in [0.25, 0.3) is 5.91 Å². The topological polar surface area (TPSA) is 79.2 Å². The third-order valence-electron chi connectivity index (χ3n) is 4.88. The zero-order valence-electron chi connectivity index (χ0n) is 13.8. The second kappa shape index (κ2) is 5.78. The van der Waals surface area contributed by atoms with E-state index in [2.05, 4.69) is 11.6 Å². The SMILES string of the molecule is C=CC(=O)N1CCCC1c1c(F)cc(C(N)=O)c2[nH]c(C)c(C)c12. The van der Waals surface area contributed by atoms with Crippen LogP contribution in [0.2, 0.25) is 0 Å². The average Bonchev–Trinajstić information content (AvgIpc) is 3.12. The Balaban J connectivity index is 2.30. The molecule has 1 aromatic carbocycles. The third-order valence-corrected chi connectivity index (χ3v) is 4.88. The van der Waals surface area contributed by atoms with Gasteiger partial charge in [-0.15, -0.1) is 0 Å². The van der Waals surface area contributed by atoms with E-state index < -0.39 is 11.7 Å². The van der Waals surface area contributed by atoms with Crippen molar-refractivity contribution in [2.24, 2.45) is 5.73 Å². The molecule has 1 aliphatic rings. The van der Waals surface area contributed by atoms with Crippen molar-refractivity contribution >= 4 is 22.7 Å². The molecule has 1 unspecified atom stereocenters. The fourth-order valence-corrected chi connectivity index (χ4v) is 3.62. The van der Waals surface area contributed by atoms with Crippen molar-refractivity contribution in [1.29, 1.82) is 0 Å². The van der Waals surface area contributed by atoms with Gasteiger partial charge in [0.1, 0.15) is 5.82 Å². The van der Waals surface area contributed by atoms with E-state index >= 15 is 0 Å². The van der Waals surface area contributed by atoms with Gasteiger partial charge in [-0.05, 0) is 44.4 Å². The van der Waals surface area contributed by atoms with Crippen molar-refractivity contribution in [3.63, 3.8) is 0 Å². The van der Waals surface area contributed by atoms with Crippen LogP contribution in [0, 0.1) is 19.7 Å². The Kier molecular flexibility index (Phi) is 3.91. The summed E-state index contributed by atoms with van der Waals surface area (Å²) in [6.45, 7) is 7.83. The van der Waals surface area contributed by atoms with E-state index in [1.54, 1.807) is 4.90 Å². The first-order valence-corrected chi connectivity index (χ1v) is 7.91. The van der Waals surface area contributed by atoms with Crippen LogP contribution in [0.15, 0.2) is 18.7 Å². The summed E-state index contributed by atoms with van der Waals surface area (Å²) >= 11 is 0. The van der Waals surface area contributed by atoms with Gasteiger partial charge in [0, 0.05) is 23.2 Å². The van der Waals surface area contributed by atoms with Gasteiger partial charge in [0.05, 0.1) is 17.1 Å². The Morgan fingerprint density at radius 2 is 2.17 bits per heavy atom. The largest absolute Gasteiger partial charge is 0.366 e. The number of likely N-dealkylation sites (tertiary alicyclic amines) is 1. The van der Waals surface area contributed by atoms with Crippen molar-refractivity contribution in [3.05, 3.63) is 46.9 Å². The molecule has 3 rings (SSSR count). The summed E-state index contributed by atoms with van der Waals surface area (Å²) in [5, 5.41) is 0.648. The number of primary amides is 1. The molecule has 0 radical (unpaired) electrons. The number of nitrogens with one attached hydrogen (secondary N) is 1. The highest BCUT2D eigenvalue weighted by Gasteiger charge is 2.33. The first-order chi connectivity index (χ1) is 11.4. The second-order valence-electron chi connectivity index (χ2n) is 6.20. The van der Waals surface area contributed by atoms with Crippen molar-refractivity contribution in [2.75, 3.05) is 6.54 Å². The quantitative estimate of drug-likeness (QED) is 0.849. The Morgan fingerprint density at radius 1 is 1.46 bits per heavy atom. The standard InChI is InChI=1S/C18H20FN3O2/c1-4-14(23)22-7-5-6-13(22)16-12(19)8-11(18(20)24)17-15(16)9(2)10(3)21-17/h4,8,13,21H,1,5-7H2,2-3H3,(H2,20,24). The number of aromatic amines is 1. The first-order valence-electron chi connectivity index (χ1n) is 7.91. The van der Waals surface area contributed by atoms with Crippen molar-refractivity contribution in [3.8, 4) is 0 Å². The maximum absolute atomic E-state index is 14.9. The number of H-pyrrole nitrogens is 1. The number of aryl methyl sites for hydroxylation is 2. The van der Waals surface area contributed by atoms with Crippen LogP contribution < -0.4 is 5.73 Å². The number of nitrogens with two attached hydrogens (primary N) is 1. The molecule has 6 heteroatoms. The smallest absolute Gasteiger partial charge is 0.250 e. The Bertz CT molecular complexity index is 869. The van der Waals surface area contributed by atoms with Crippen LogP contribution in [0.25, 0.3) is 10.9 Å². The first kappa shape index (κ1) is 16.2. The lowest BCUT2D eigenvalue weighted by Crippen LogP contribution is -2.29. The molecule has 1 aromatic heterocycles. The van der Waals surface area contributed by atoms with E-state index in [9.17, 15) is 14.0 Å². The number of fused-ring (bicyclic) bond motifs is 1. The van der Waals surface area contributed by atoms with Gasteiger partial charge in [0.15, 0.2) is 0 Å². The van der Waals surface area contributed by atoms with E-state index in [0.29, 0.717) is 29.4 Å². The van der Waals surface area contributed by atoms with Crippen molar-refractivity contribution < 1.29 is 14.0 Å². The highest BCUT2D eigenvalue weighted by atomic mass is 19.1. The summed E-state index contributed by atoms with van der Waals surface area (Å²) in [6.07, 6.45) is 2.72. The Labute approximate surface area is 139 Å². The normalized spacial score (nSPS) is 17.5. The molecule has 0 spiro atoms. The monoisotopic (exact) mass is 329 g/mol. The fraction of sp³-hybridized carbons (Fsp3) is 0.333. The van der Waals surface area contributed by atoms with Gasteiger partial charge in [-0.25, -0.2) is 4.39 Å². The molecule has 1 saturated heterocycles. The number of hydrogen-bond donors (Lipinski definition) is 2. The van der Waals surface area contributed by atoms with Gasteiger partial charge >= 0.3 is 0 Å². The van der Waals surface area contributed by atoms with Gasteiger partial charge in [-0.2, -0.15) is 0 Å². The second-order valence-corrected chi connectivity index (χ2v) is 6.20. The molecule has 3 N–H and O–H groups in total. The van der Waals surface area contributed by atoms with E-state index in [4.69, 9.17) is 5.73 Å². The zero-order chi connectivity index (χ0) is 17.6. The summed E-state index contributed by atoms with van der Waals surface area (Å²) in [5.41, 5.74) is 8.22. The number of rotatable bonds is 3. The van der Waals surface area contributed by atoms with E-state index in [-0.39, 0.29) is 17.5 Å². The molecule has 0 bridgehead atoms. The number of carbonyl (C=O) groups is 2. The number of halogens is 1. The van der Waals surface area contributed by atoms with Gasteiger partial charge < -0.3 is 15.6 Å². The lowest BCUT2D eigenvalue weighted by atomic mass is 9.94. The number of amides is 2. The summed E-state index contributed by atoms with van der Waals surface area (Å²) in [5.74, 6) is -1.40. The number of benzene rings is 1. The molecular weight excluding hydrogens is 309 g/mol. The highest BCUT2D eigenvalue weighted by molar-refractivity contribution is 6.07. The van der Waals surface area contributed by atoms with Crippen LogP contribution in [0.1, 0.15) is 46.1 Å². The Hall–Kier alpha value is -2.63. The predicted octanol–water partition coefficient (Wildman–Crippen LogP) is 2.87. The number of nitrogens with zero attached hydrogens (tertiary/aromatic N) is 1. The molecule has 1 fully saturated rings. The maximum atomic E-state index is 14.9. The molecule has 5 nitrogen and oxygen atoms in total. The van der Waals surface area contributed by atoms with Gasteiger partial charge in [-0.3, -0.25) is 9.59 Å². The molecule has 2 amide bonds. The van der Waals surface area contributed by atoms with Crippen LogP contribution in [0.5, 0.6) is 0 Å². The average molecular weight is 329 g/mol. The molecule has 24 heavy (non-hydrogen) atoms. The molecule has 1 atom stereocenters. The molecule has 0 saturated carbocycles. The number of carbonyl (C=O) groups excluding carboxylic acids is 2.